The Morgan fingerprint density at radius 2 is 1.67 bits per heavy atom. The van der Waals surface area contributed by atoms with Gasteiger partial charge >= 0.3 is 0 Å². The zero-order chi connectivity index (χ0) is 6.85. The Morgan fingerprint density at radius 1 is 1.22 bits per heavy atom. The molecule has 1 unspecified atom stereocenters. The summed E-state index contributed by atoms with van der Waals surface area (Å²) in [6, 6.07) is -0.913. The summed E-state index contributed by atoms with van der Waals surface area (Å²) in [5.41, 5.74) is 0. The van der Waals surface area contributed by atoms with Crippen molar-refractivity contribution in [1.29, 1.82) is 0 Å². The van der Waals surface area contributed by atoms with Crippen LogP contribution in [0.15, 0.2) is 0 Å². The lowest BCUT2D eigenvalue weighted by molar-refractivity contribution is 0.0198. The van der Waals surface area contributed by atoms with Crippen LogP contribution in [-0.2, 0) is 0 Å². The first-order valence-corrected chi connectivity index (χ1v) is 2.91. The topological polar surface area (TPSA) is 52.5 Å². The third kappa shape index (κ3) is 1.05. The molecular formula is C5H10FNO2. The number of hydrogen-bond donors (Lipinski definition) is 3. The molecule has 3 nitrogen and oxygen atoms in total. The van der Waals surface area contributed by atoms with Gasteiger partial charge in [-0.3, -0.25) is 0 Å². The van der Waals surface area contributed by atoms with Crippen molar-refractivity contribution >= 4 is 0 Å². The Balaban J connectivity index is 2.24. The van der Waals surface area contributed by atoms with Crippen LogP contribution in [0.3, 0.4) is 0 Å². The van der Waals surface area contributed by atoms with Crippen LogP contribution in [0.4, 0.5) is 4.39 Å². The summed E-state index contributed by atoms with van der Waals surface area (Å²) in [5.74, 6) is 0. The maximum absolute atomic E-state index is 12.5. The first-order chi connectivity index (χ1) is 4.29. The zero-order valence-corrected chi connectivity index (χ0v) is 4.92. The minimum atomic E-state index is -1.08. The maximum atomic E-state index is 12.5. The minimum absolute atomic E-state index is 0.197. The molecule has 0 aromatic rings. The van der Waals surface area contributed by atoms with E-state index >= 15 is 0 Å². The second-order valence-electron chi connectivity index (χ2n) is 2.19. The zero-order valence-electron chi connectivity index (χ0n) is 4.92. The molecule has 0 saturated carbocycles. The predicted molar refractivity (Wildman–Crippen MR) is 29.8 cm³/mol. The average molecular weight is 135 g/mol. The highest BCUT2D eigenvalue weighted by molar-refractivity contribution is 4.97. The standard InChI is InChI=1S/C5H10FNO2/c6-5-3(1-8)7-4(5)2-9/h3-5,7-9H,1-2H2/t3-,4+,5?. The van der Waals surface area contributed by atoms with E-state index in [1.54, 1.807) is 0 Å². The number of aliphatic hydroxyl groups excluding tert-OH is 2. The van der Waals surface area contributed by atoms with E-state index in [9.17, 15) is 4.39 Å². The van der Waals surface area contributed by atoms with E-state index in [-0.39, 0.29) is 13.2 Å². The van der Waals surface area contributed by atoms with Crippen molar-refractivity contribution in [3.63, 3.8) is 0 Å². The lowest BCUT2D eigenvalue weighted by Crippen LogP contribution is -2.66. The molecule has 0 radical (unpaired) electrons. The molecule has 1 heterocycles. The molecule has 9 heavy (non-hydrogen) atoms. The lowest BCUT2D eigenvalue weighted by atomic mass is 9.96. The Morgan fingerprint density at radius 3 is 1.89 bits per heavy atom. The van der Waals surface area contributed by atoms with E-state index in [0.29, 0.717) is 0 Å². The first-order valence-electron chi connectivity index (χ1n) is 2.91. The molecule has 0 aliphatic carbocycles. The van der Waals surface area contributed by atoms with E-state index in [1.165, 1.54) is 0 Å². The summed E-state index contributed by atoms with van der Waals surface area (Å²) >= 11 is 0. The fourth-order valence-corrected chi connectivity index (χ4v) is 0.927. The molecule has 1 rings (SSSR count). The van der Waals surface area contributed by atoms with Crippen molar-refractivity contribution in [3.05, 3.63) is 0 Å². The largest absolute Gasteiger partial charge is 0.395 e. The summed E-state index contributed by atoms with van der Waals surface area (Å²) < 4.78 is 12.5. The highest BCUT2D eigenvalue weighted by Crippen LogP contribution is 2.15. The molecule has 1 aliphatic heterocycles. The molecule has 1 aliphatic rings. The fourth-order valence-electron chi connectivity index (χ4n) is 0.927. The Bertz CT molecular complexity index is 91.0. The van der Waals surface area contributed by atoms with Gasteiger partial charge in [0.25, 0.3) is 0 Å². The SMILES string of the molecule is OC[C@@H]1N[C@H](CO)C1F. The number of nitrogens with one attached hydrogen (secondary N) is 1. The average Bonchev–Trinajstić information content (AvgIpc) is 1.87. The first kappa shape index (κ1) is 6.92. The van der Waals surface area contributed by atoms with Gasteiger partial charge in [-0.2, -0.15) is 0 Å². The molecule has 3 N–H and O–H groups in total. The van der Waals surface area contributed by atoms with Crippen molar-refractivity contribution < 1.29 is 14.6 Å². The van der Waals surface area contributed by atoms with Gasteiger partial charge < -0.3 is 15.5 Å². The normalized spacial score (nSPS) is 42.3. The number of aliphatic hydroxyl groups is 2. The molecule has 1 fully saturated rings. The summed E-state index contributed by atoms with van der Waals surface area (Å²) in [6.45, 7) is -0.394. The Hall–Kier alpha value is -0.190. The van der Waals surface area contributed by atoms with Gasteiger partial charge in [0.2, 0.25) is 0 Å². The summed E-state index contributed by atoms with van der Waals surface area (Å²) in [7, 11) is 0. The maximum Gasteiger partial charge on any atom is 0.135 e. The minimum Gasteiger partial charge on any atom is -0.395 e. The van der Waals surface area contributed by atoms with E-state index < -0.39 is 18.3 Å². The molecule has 1 saturated heterocycles. The van der Waals surface area contributed by atoms with Gasteiger partial charge in [0.15, 0.2) is 0 Å². The Labute approximate surface area is 52.5 Å². The van der Waals surface area contributed by atoms with Crippen LogP contribution in [0, 0.1) is 0 Å². The molecule has 0 spiro atoms. The third-order valence-corrected chi connectivity index (χ3v) is 1.59. The van der Waals surface area contributed by atoms with E-state index in [2.05, 4.69) is 5.32 Å². The molecule has 0 aromatic heterocycles. The second kappa shape index (κ2) is 2.60. The molecule has 3 atom stereocenters. The number of alkyl halides is 1. The van der Waals surface area contributed by atoms with Gasteiger partial charge in [0.1, 0.15) is 6.17 Å². The quantitative estimate of drug-likeness (QED) is 0.439. The van der Waals surface area contributed by atoms with Gasteiger partial charge in [-0.25, -0.2) is 4.39 Å². The van der Waals surface area contributed by atoms with Crippen LogP contribution in [0.5, 0.6) is 0 Å². The van der Waals surface area contributed by atoms with Crippen molar-refractivity contribution in [2.45, 2.75) is 18.3 Å². The summed E-state index contributed by atoms with van der Waals surface area (Å²) in [5, 5.41) is 19.4. The summed E-state index contributed by atoms with van der Waals surface area (Å²) in [4.78, 5) is 0. The van der Waals surface area contributed by atoms with Crippen LogP contribution in [0.25, 0.3) is 0 Å². The fraction of sp³-hybridized carbons (Fsp3) is 1.00. The predicted octanol–water partition coefficient (Wildman–Crippen LogP) is -1.35. The monoisotopic (exact) mass is 135 g/mol. The molecule has 4 heteroatoms. The van der Waals surface area contributed by atoms with Gasteiger partial charge in [-0.15, -0.1) is 0 Å². The Kier molecular flexibility index (Phi) is 2.00. The number of hydrogen-bond acceptors (Lipinski definition) is 3. The van der Waals surface area contributed by atoms with Gasteiger partial charge in [0.05, 0.1) is 25.3 Å². The van der Waals surface area contributed by atoms with Crippen molar-refractivity contribution in [3.8, 4) is 0 Å². The van der Waals surface area contributed by atoms with Gasteiger partial charge in [-0.1, -0.05) is 0 Å². The van der Waals surface area contributed by atoms with Crippen molar-refractivity contribution in [2.75, 3.05) is 13.2 Å². The van der Waals surface area contributed by atoms with Crippen LogP contribution in [-0.4, -0.2) is 41.7 Å². The van der Waals surface area contributed by atoms with Crippen molar-refractivity contribution in [2.24, 2.45) is 0 Å². The van der Waals surface area contributed by atoms with Crippen LogP contribution in [0.2, 0.25) is 0 Å². The summed E-state index contributed by atoms with van der Waals surface area (Å²) in [6.07, 6.45) is -1.08. The molecular weight excluding hydrogens is 125 g/mol. The number of rotatable bonds is 2. The van der Waals surface area contributed by atoms with Gasteiger partial charge in [0, 0.05) is 0 Å². The highest BCUT2D eigenvalue weighted by Gasteiger charge is 2.39. The lowest BCUT2D eigenvalue weighted by Gasteiger charge is -2.38. The van der Waals surface area contributed by atoms with E-state index in [4.69, 9.17) is 10.2 Å². The third-order valence-electron chi connectivity index (χ3n) is 1.59. The van der Waals surface area contributed by atoms with Crippen LogP contribution in [0.1, 0.15) is 0 Å². The molecule has 54 valence electrons. The smallest absolute Gasteiger partial charge is 0.135 e. The number of halogens is 1. The molecule has 0 amide bonds. The second-order valence-corrected chi connectivity index (χ2v) is 2.19. The van der Waals surface area contributed by atoms with Crippen LogP contribution >= 0.6 is 0 Å². The van der Waals surface area contributed by atoms with Gasteiger partial charge in [-0.05, 0) is 0 Å². The van der Waals surface area contributed by atoms with Crippen LogP contribution < -0.4 is 5.32 Å². The van der Waals surface area contributed by atoms with Crippen molar-refractivity contribution in [1.82, 2.24) is 5.32 Å². The van der Waals surface area contributed by atoms with E-state index in [0.717, 1.165) is 0 Å². The molecule has 0 aromatic carbocycles. The molecule has 0 bridgehead atoms. The van der Waals surface area contributed by atoms with E-state index in [1.807, 2.05) is 0 Å². The highest BCUT2D eigenvalue weighted by atomic mass is 19.1.